The molecule has 0 fully saturated rings. The number of aromatic carboxylic acids is 1. The summed E-state index contributed by atoms with van der Waals surface area (Å²) in [6.45, 7) is 4.09. The molecule has 4 aromatic rings. The number of carboxylic acid groups (broad SMARTS) is 1. The highest BCUT2D eigenvalue weighted by Gasteiger charge is 2.23. The summed E-state index contributed by atoms with van der Waals surface area (Å²) < 4.78 is 1.71. The van der Waals surface area contributed by atoms with Gasteiger partial charge in [-0.1, -0.05) is 49.3 Å². The van der Waals surface area contributed by atoms with E-state index in [4.69, 9.17) is 10.6 Å². The van der Waals surface area contributed by atoms with E-state index in [1.165, 1.54) is 0 Å². The number of hydrogen-bond donors (Lipinski definition) is 1. The molecule has 0 spiro atoms. The van der Waals surface area contributed by atoms with Gasteiger partial charge in [-0.2, -0.15) is 5.10 Å². The molecule has 2 heterocycles. The molecule has 2 aromatic carbocycles. The molecule has 0 saturated heterocycles. The van der Waals surface area contributed by atoms with Gasteiger partial charge in [0.05, 0.1) is 16.8 Å². The van der Waals surface area contributed by atoms with E-state index >= 15 is 0 Å². The van der Waals surface area contributed by atoms with E-state index in [1.807, 2.05) is 57.1 Å². The van der Waals surface area contributed by atoms with Crippen LogP contribution in [-0.4, -0.2) is 39.9 Å². The topological polar surface area (TPSA) is 120 Å². The summed E-state index contributed by atoms with van der Waals surface area (Å²) in [5.74, 6) is -1.05. The predicted molar refractivity (Wildman–Crippen MR) is 128 cm³/mol. The minimum absolute atomic E-state index is 0.0724. The van der Waals surface area contributed by atoms with E-state index in [2.05, 4.69) is 15.0 Å². The average molecular weight is 441 g/mol. The normalized spacial score (nSPS) is 10.9. The second kappa shape index (κ2) is 8.64. The minimum Gasteiger partial charge on any atom is -0.477 e. The van der Waals surface area contributed by atoms with Gasteiger partial charge in [0.1, 0.15) is 0 Å². The predicted octanol–water partition coefficient (Wildman–Crippen LogP) is 5.92. The summed E-state index contributed by atoms with van der Waals surface area (Å²) in [7, 11) is 3.91. The Kier molecular flexibility index (Phi) is 5.72. The molecule has 33 heavy (non-hydrogen) atoms. The number of nitrogens with zero attached hydrogens (tertiary/aromatic N) is 7. The van der Waals surface area contributed by atoms with Gasteiger partial charge in [-0.25, -0.2) is 14.5 Å². The molecule has 0 amide bonds. The average Bonchev–Trinajstić information content (AvgIpc) is 3.19. The highest BCUT2D eigenvalue weighted by molar-refractivity contribution is 6.00. The van der Waals surface area contributed by atoms with Crippen molar-refractivity contribution in [2.24, 2.45) is 5.11 Å². The van der Waals surface area contributed by atoms with E-state index in [0.29, 0.717) is 16.9 Å². The van der Waals surface area contributed by atoms with Gasteiger partial charge >= 0.3 is 5.97 Å². The first-order valence-electron chi connectivity index (χ1n) is 10.4. The minimum atomic E-state index is -1.12. The lowest BCUT2D eigenvalue weighted by Gasteiger charge is -2.14. The Labute approximate surface area is 190 Å². The summed E-state index contributed by atoms with van der Waals surface area (Å²) in [5, 5.41) is 19.0. The van der Waals surface area contributed by atoms with Crippen LogP contribution in [0.3, 0.4) is 0 Å². The summed E-state index contributed by atoms with van der Waals surface area (Å²) in [5.41, 5.74) is 13.7. The van der Waals surface area contributed by atoms with Crippen LogP contribution in [0, 0.1) is 0 Å². The van der Waals surface area contributed by atoms with Crippen molar-refractivity contribution in [3.8, 4) is 16.8 Å². The van der Waals surface area contributed by atoms with E-state index in [0.717, 1.165) is 28.0 Å². The number of fused-ring (bicyclic) bond motifs is 1. The fraction of sp³-hybridized carbons (Fsp3) is 0.208. The van der Waals surface area contributed by atoms with Crippen molar-refractivity contribution in [3.05, 3.63) is 76.4 Å². The molecule has 1 N–H and O–H groups in total. The number of carbonyl (C=O) groups is 1. The maximum Gasteiger partial charge on any atom is 0.354 e. The molecule has 0 saturated carbocycles. The lowest BCUT2D eigenvalue weighted by Crippen LogP contribution is -2.09. The zero-order valence-corrected chi connectivity index (χ0v) is 18.8. The number of carboxylic acids is 1. The quantitative estimate of drug-likeness (QED) is 0.226. The zero-order chi connectivity index (χ0) is 23.7. The molecule has 2 aromatic heterocycles. The Hall–Kier alpha value is -4.36. The van der Waals surface area contributed by atoms with Crippen LogP contribution in [0.5, 0.6) is 0 Å². The highest BCUT2D eigenvalue weighted by atomic mass is 16.4. The summed E-state index contributed by atoms with van der Waals surface area (Å²) in [4.78, 5) is 21.2. The second-order valence-corrected chi connectivity index (χ2v) is 8.16. The molecule has 0 radical (unpaired) electrons. The lowest BCUT2D eigenvalue weighted by atomic mass is 9.97. The Balaban J connectivity index is 2.06. The van der Waals surface area contributed by atoms with Crippen LogP contribution in [0.15, 0.2) is 59.7 Å². The van der Waals surface area contributed by atoms with E-state index in [1.54, 1.807) is 35.0 Å². The molecule has 0 unspecified atom stereocenters. The molecule has 0 aliphatic rings. The summed E-state index contributed by atoms with van der Waals surface area (Å²) in [6.07, 6.45) is 0. The van der Waals surface area contributed by atoms with Gasteiger partial charge in [-0.05, 0) is 46.8 Å². The first-order valence-corrected chi connectivity index (χ1v) is 10.4. The lowest BCUT2D eigenvalue weighted by molar-refractivity contribution is 0.0691. The van der Waals surface area contributed by atoms with Crippen LogP contribution in [-0.2, 0) is 0 Å². The van der Waals surface area contributed by atoms with Gasteiger partial charge < -0.3 is 10.0 Å². The summed E-state index contributed by atoms with van der Waals surface area (Å²) in [6, 6.07) is 16.4. The molecular weight excluding hydrogens is 418 g/mol. The number of azide groups is 1. The number of benzene rings is 2. The van der Waals surface area contributed by atoms with Crippen molar-refractivity contribution in [2.75, 3.05) is 19.0 Å². The van der Waals surface area contributed by atoms with E-state index < -0.39 is 5.97 Å². The van der Waals surface area contributed by atoms with E-state index in [-0.39, 0.29) is 11.6 Å². The Bertz CT molecular complexity index is 1400. The maximum atomic E-state index is 11.9. The highest BCUT2D eigenvalue weighted by Crippen LogP contribution is 2.36. The smallest absolute Gasteiger partial charge is 0.354 e. The van der Waals surface area contributed by atoms with E-state index in [9.17, 15) is 9.90 Å². The van der Waals surface area contributed by atoms with Crippen LogP contribution in [0.2, 0.25) is 0 Å². The van der Waals surface area contributed by atoms with Crippen LogP contribution < -0.4 is 4.90 Å². The van der Waals surface area contributed by atoms with Gasteiger partial charge in [0, 0.05) is 30.4 Å². The van der Waals surface area contributed by atoms with Gasteiger partial charge in [0.2, 0.25) is 0 Å². The first-order chi connectivity index (χ1) is 15.8. The summed E-state index contributed by atoms with van der Waals surface area (Å²) >= 11 is 0. The molecular formula is C24H23N7O2. The Morgan fingerprint density at radius 3 is 2.48 bits per heavy atom. The molecule has 0 atom stereocenters. The third-order valence-corrected chi connectivity index (χ3v) is 5.36. The van der Waals surface area contributed by atoms with Gasteiger partial charge in [-0.3, -0.25) is 0 Å². The maximum absolute atomic E-state index is 11.9. The van der Waals surface area contributed by atoms with Crippen molar-refractivity contribution >= 4 is 28.4 Å². The fourth-order valence-electron chi connectivity index (χ4n) is 3.73. The van der Waals surface area contributed by atoms with Crippen molar-refractivity contribution in [3.63, 3.8) is 0 Å². The molecule has 9 nitrogen and oxygen atoms in total. The molecule has 0 aliphatic carbocycles. The Morgan fingerprint density at radius 1 is 1.15 bits per heavy atom. The van der Waals surface area contributed by atoms with Crippen molar-refractivity contribution in [1.29, 1.82) is 0 Å². The van der Waals surface area contributed by atoms with Gasteiger partial charge in [0.25, 0.3) is 0 Å². The number of hydrogen-bond acceptors (Lipinski definition) is 5. The number of anilines is 1. The molecule has 4 rings (SSSR count). The zero-order valence-electron chi connectivity index (χ0n) is 18.8. The number of pyridine rings is 1. The third kappa shape index (κ3) is 4.09. The molecule has 0 aliphatic heterocycles. The fourth-order valence-corrected chi connectivity index (χ4v) is 3.73. The number of rotatable bonds is 6. The third-order valence-electron chi connectivity index (χ3n) is 5.36. The van der Waals surface area contributed by atoms with Crippen molar-refractivity contribution < 1.29 is 9.90 Å². The van der Waals surface area contributed by atoms with Crippen LogP contribution in [0.25, 0.3) is 38.3 Å². The van der Waals surface area contributed by atoms with Crippen molar-refractivity contribution in [1.82, 2.24) is 14.8 Å². The molecule has 9 heteroatoms. The monoisotopic (exact) mass is 441 g/mol. The number of aromatic nitrogens is 3. The second-order valence-electron chi connectivity index (χ2n) is 8.16. The van der Waals surface area contributed by atoms with Gasteiger partial charge in [0.15, 0.2) is 11.3 Å². The largest absolute Gasteiger partial charge is 0.477 e. The van der Waals surface area contributed by atoms with Gasteiger partial charge in [-0.15, -0.1) is 0 Å². The van der Waals surface area contributed by atoms with Crippen LogP contribution in [0.4, 0.5) is 11.4 Å². The van der Waals surface area contributed by atoms with Crippen LogP contribution >= 0.6 is 0 Å². The SMILES string of the molecule is CC(C)c1nn(-c2cccc(N(C)C)c2)c2nc(C(=O)O)cc(-c3ccc(N=[N+]=[N-])cc3)c12. The van der Waals surface area contributed by atoms with Crippen molar-refractivity contribution in [2.45, 2.75) is 19.8 Å². The standard InChI is InChI=1S/C24H23N7O2/c1-14(2)22-21-19(15-8-10-16(11-9-15)27-29-25)13-20(24(32)33)26-23(21)31(28-22)18-7-5-6-17(12-18)30(3)4/h5-14H,1-4H3,(H,32,33). The Morgan fingerprint density at radius 2 is 1.88 bits per heavy atom. The molecule has 166 valence electrons. The molecule has 0 bridgehead atoms. The van der Waals surface area contributed by atoms with Crippen LogP contribution in [0.1, 0.15) is 35.9 Å². The first kappa shape index (κ1) is 21.9.